The summed E-state index contributed by atoms with van der Waals surface area (Å²) in [7, 11) is 1.57. The zero-order valence-corrected chi connectivity index (χ0v) is 13.1. The van der Waals surface area contributed by atoms with E-state index < -0.39 is 5.60 Å². The molecule has 0 atom stereocenters. The van der Waals surface area contributed by atoms with Gasteiger partial charge in [-0.3, -0.25) is 0 Å². The molecule has 0 radical (unpaired) electrons. The minimum Gasteiger partial charge on any atom is -0.444 e. The van der Waals surface area contributed by atoms with Crippen LogP contribution in [0, 0.1) is 5.41 Å². The smallest absolute Gasteiger partial charge is 0.410 e. The Hall–Kier alpha value is -1.30. The Labute approximate surface area is 120 Å². The topological polar surface area (TPSA) is 71.4 Å². The van der Waals surface area contributed by atoms with Crippen LogP contribution in [0.25, 0.3) is 0 Å². The molecule has 0 saturated carbocycles. The molecule has 0 aromatic heterocycles. The van der Waals surface area contributed by atoms with Crippen LogP contribution in [0.1, 0.15) is 40.5 Å². The van der Waals surface area contributed by atoms with Gasteiger partial charge in [-0.15, -0.1) is 0 Å². The fourth-order valence-electron chi connectivity index (χ4n) is 2.26. The summed E-state index contributed by atoms with van der Waals surface area (Å²) in [5, 5.41) is 12.5. The lowest BCUT2D eigenvalue weighted by Gasteiger charge is -2.39. The van der Waals surface area contributed by atoms with Crippen LogP contribution < -0.4 is 0 Å². The molecule has 116 valence electrons. The SMILES string of the molecule is COCC(=NO)C1(C)CCN(C(=O)OC(C)(C)C)CC1. The van der Waals surface area contributed by atoms with Crippen LogP contribution in [-0.2, 0) is 9.47 Å². The molecule has 0 spiro atoms. The fourth-order valence-corrected chi connectivity index (χ4v) is 2.26. The van der Waals surface area contributed by atoms with Gasteiger partial charge in [0.05, 0.1) is 12.3 Å². The lowest BCUT2D eigenvalue weighted by Crippen LogP contribution is -2.47. The number of amides is 1. The van der Waals surface area contributed by atoms with Gasteiger partial charge in [-0.2, -0.15) is 0 Å². The molecule has 0 aromatic carbocycles. The second-order valence-electron chi connectivity index (χ2n) is 6.51. The summed E-state index contributed by atoms with van der Waals surface area (Å²) in [4.78, 5) is 13.7. The van der Waals surface area contributed by atoms with Crippen LogP contribution in [0.2, 0.25) is 0 Å². The van der Waals surface area contributed by atoms with E-state index in [0.29, 0.717) is 25.4 Å². The monoisotopic (exact) mass is 286 g/mol. The minimum atomic E-state index is -0.481. The van der Waals surface area contributed by atoms with Gasteiger partial charge in [0.15, 0.2) is 0 Å². The highest BCUT2D eigenvalue weighted by molar-refractivity contribution is 5.90. The third-order valence-electron chi connectivity index (χ3n) is 3.62. The van der Waals surface area contributed by atoms with Gasteiger partial charge in [0.2, 0.25) is 0 Å². The standard InChI is InChI=1S/C14H26N2O4/c1-13(2,3)20-12(17)16-8-6-14(4,7-9-16)11(15-18)10-19-5/h18H,6-10H2,1-5H3. The molecule has 6 heteroatoms. The Kier molecular flexibility index (Phi) is 5.39. The van der Waals surface area contributed by atoms with Crippen molar-refractivity contribution in [2.75, 3.05) is 26.8 Å². The maximum absolute atomic E-state index is 12.0. The summed E-state index contributed by atoms with van der Waals surface area (Å²) in [5.74, 6) is 0. The highest BCUT2D eigenvalue weighted by Crippen LogP contribution is 2.33. The van der Waals surface area contributed by atoms with Crippen LogP contribution in [0.4, 0.5) is 4.79 Å². The predicted octanol–water partition coefficient (Wildman–Crippen LogP) is 2.50. The van der Waals surface area contributed by atoms with Gasteiger partial charge in [-0.1, -0.05) is 12.1 Å². The Morgan fingerprint density at radius 1 is 1.35 bits per heavy atom. The molecular formula is C14H26N2O4. The highest BCUT2D eigenvalue weighted by Gasteiger charge is 2.37. The number of piperidine rings is 1. The van der Waals surface area contributed by atoms with E-state index in [1.165, 1.54) is 0 Å². The van der Waals surface area contributed by atoms with E-state index in [-0.39, 0.29) is 11.5 Å². The van der Waals surface area contributed by atoms with E-state index in [0.717, 1.165) is 12.8 Å². The van der Waals surface area contributed by atoms with Crippen molar-refractivity contribution in [2.45, 2.75) is 46.1 Å². The Morgan fingerprint density at radius 3 is 2.30 bits per heavy atom. The van der Waals surface area contributed by atoms with Crippen LogP contribution in [0.15, 0.2) is 5.16 Å². The molecule has 1 amide bonds. The second kappa shape index (κ2) is 6.43. The van der Waals surface area contributed by atoms with Crippen molar-refractivity contribution >= 4 is 11.8 Å². The van der Waals surface area contributed by atoms with Crippen molar-refractivity contribution < 1.29 is 19.5 Å². The van der Waals surface area contributed by atoms with Gasteiger partial charge in [-0.25, -0.2) is 4.79 Å². The van der Waals surface area contributed by atoms with Crippen LogP contribution in [0.5, 0.6) is 0 Å². The molecule has 1 aliphatic heterocycles. The van der Waals surface area contributed by atoms with Crippen LogP contribution >= 0.6 is 0 Å². The third kappa shape index (κ3) is 4.37. The summed E-state index contributed by atoms with van der Waals surface area (Å²) in [5.41, 5.74) is -0.0849. The molecule has 6 nitrogen and oxygen atoms in total. The summed E-state index contributed by atoms with van der Waals surface area (Å²) in [6.07, 6.45) is 1.18. The molecule has 0 bridgehead atoms. The Bertz CT molecular complexity index is 366. The van der Waals surface area contributed by atoms with Gasteiger partial charge >= 0.3 is 6.09 Å². The molecule has 0 aromatic rings. The van der Waals surface area contributed by atoms with E-state index >= 15 is 0 Å². The molecule has 1 saturated heterocycles. The first-order chi connectivity index (χ1) is 9.22. The average Bonchev–Trinajstić information content (AvgIpc) is 2.34. The van der Waals surface area contributed by atoms with Crippen molar-refractivity contribution in [1.29, 1.82) is 0 Å². The van der Waals surface area contributed by atoms with Gasteiger partial charge < -0.3 is 19.6 Å². The number of ether oxygens (including phenoxy) is 2. The maximum atomic E-state index is 12.0. The maximum Gasteiger partial charge on any atom is 0.410 e. The van der Waals surface area contributed by atoms with Crippen molar-refractivity contribution in [3.63, 3.8) is 0 Å². The van der Waals surface area contributed by atoms with E-state index in [1.807, 2.05) is 27.7 Å². The summed E-state index contributed by atoms with van der Waals surface area (Å²) in [6, 6.07) is 0. The normalized spacial score (nSPS) is 19.9. The summed E-state index contributed by atoms with van der Waals surface area (Å²) in [6.45, 7) is 9.09. The third-order valence-corrected chi connectivity index (χ3v) is 3.62. The fraction of sp³-hybridized carbons (Fsp3) is 0.857. The first-order valence-corrected chi connectivity index (χ1v) is 6.90. The van der Waals surface area contributed by atoms with E-state index in [1.54, 1.807) is 12.0 Å². The Morgan fingerprint density at radius 2 is 1.90 bits per heavy atom. The minimum absolute atomic E-state index is 0.233. The van der Waals surface area contributed by atoms with E-state index in [9.17, 15) is 4.79 Å². The van der Waals surface area contributed by atoms with Gasteiger partial charge in [-0.05, 0) is 33.6 Å². The molecule has 1 rings (SSSR count). The molecule has 1 fully saturated rings. The first-order valence-electron chi connectivity index (χ1n) is 6.90. The van der Waals surface area contributed by atoms with Crippen molar-refractivity contribution in [3.8, 4) is 0 Å². The molecule has 0 aliphatic carbocycles. The number of oxime groups is 1. The van der Waals surface area contributed by atoms with Gasteiger partial charge in [0.1, 0.15) is 5.60 Å². The van der Waals surface area contributed by atoms with Crippen molar-refractivity contribution in [1.82, 2.24) is 4.90 Å². The van der Waals surface area contributed by atoms with Crippen LogP contribution in [0.3, 0.4) is 0 Å². The number of nitrogens with zero attached hydrogens (tertiary/aromatic N) is 2. The molecule has 1 heterocycles. The molecular weight excluding hydrogens is 260 g/mol. The average molecular weight is 286 g/mol. The number of methoxy groups -OCH3 is 1. The number of carbonyl (C=O) groups excluding carboxylic acids is 1. The van der Waals surface area contributed by atoms with E-state index in [4.69, 9.17) is 14.7 Å². The zero-order valence-electron chi connectivity index (χ0n) is 13.1. The number of likely N-dealkylation sites (tertiary alicyclic amines) is 1. The zero-order chi connectivity index (χ0) is 15.4. The number of rotatable bonds is 3. The predicted molar refractivity (Wildman–Crippen MR) is 76.2 cm³/mol. The summed E-state index contributed by atoms with van der Waals surface area (Å²) < 4.78 is 10.4. The quantitative estimate of drug-likeness (QED) is 0.491. The molecule has 20 heavy (non-hydrogen) atoms. The second-order valence-corrected chi connectivity index (χ2v) is 6.51. The van der Waals surface area contributed by atoms with E-state index in [2.05, 4.69) is 5.16 Å². The van der Waals surface area contributed by atoms with Crippen LogP contribution in [-0.4, -0.2) is 54.3 Å². The molecule has 1 aliphatic rings. The highest BCUT2D eigenvalue weighted by atomic mass is 16.6. The number of hydrogen-bond acceptors (Lipinski definition) is 5. The summed E-state index contributed by atoms with van der Waals surface area (Å²) >= 11 is 0. The lowest BCUT2D eigenvalue weighted by atomic mass is 9.76. The first kappa shape index (κ1) is 16.8. The van der Waals surface area contributed by atoms with Gasteiger partial charge in [0, 0.05) is 25.6 Å². The van der Waals surface area contributed by atoms with Gasteiger partial charge in [0.25, 0.3) is 0 Å². The van der Waals surface area contributed by atoms with Crippen molar-refractivity contribution in [2.24, 2.45) is 10.6 Å². The largest absolute Gasteiger partial charge is 0.444 e. The van der Waals surface area contributed by atoms with Crippen molar-refractivity contribution in [3.05, 3.63) is 0 Å². The Balaban J connectivity index is 2.61. The molecule has 0 unspecified atom stereocenters. The lowest BCUT2D eigenvalue weighted by molar-refractivity contribution is 0.0161. The number of hydrogen-bond donors (Lipinski definition) is 1. The molecule has 1 N–H and O–H groups in total. The number of carbonyl (C=O) groups is 1.